The number of hydrogen-bond donors (Lipinski definition) is 1. The summed E-state index contributed by atoms with van der Waals surface area (Å²) >= 11 is 0. The van der Waals surface area contributed by atoms with Gasteiger partial charge >= 0.3 is 0 Å². The summed E-state index contributed by atoms with van der Waals surface area (Å²) in [5, 5.41) is 1.20. The molecule has 3 nitrogen and oxygen atoms in total. The number of fused-ring (bicyclic) bond motifs is 1. The zero-order valence-corrected chi connectivity index (χ0v) is 11.3. The molecule has 0 aliphatic heterocycles. The average Bonchev–Trinajstić information content (AvgIpc) is 3.03. The maximum absolute atomic E-state index is 4.68. The number of nitrogens with zero attached hydrogens (tertiary/aromatic N) is 2. The highest BCUT2D eigenvalue weighted by atomic mass is 14.9. The summed E-state index contributed by atoms with van der Waals surface area (Å²) in [5.74, 6) is 0.750. The number of aromatic nitrogens is 3. The Hall–Kier alpha value is -2.94. The summed E-state index contributed by atoms with van der Waals surface area (Å²) in [6, 6.07) is 20.3. The van der Waals surface area contributed by atoms with Crippen molar-refractivity contribution < 1.29 is 0 Å². The van der Waals surface area contributed by atoms with E-state index in [4.69, 9.17) is 0 Å². The van der Waals surface area contributed by atoms with Crippen molar-refractivity contribution in [3.05, 3.63) is 73.1 Å². The van der Waals surface area contributed by atoms with Gasteiger partial charge in [-0.1, -0.05) is 42.5 Å². The van der Waals surface area contributed by atoms with E-state index in [1.165, 1.54) is 5.39 Å². The van der Waals surface area contributed by atoms with Crippen LogP contribution in [0, 0.1) is 0 Å². The van der Waals surface area contributed by atoms with Gasteiger partial charge in [0.2, 0.25) is 0 Å². The smallest absolute Gasteiger partial charge is 0.159 e. The van der Waals surface area contributed by atoms with Crippen molar-refractivity contribution in [1.82, 2.24) is 15.0 Å². The highest BCUT2D eigenvalue weighted by Crippen LogP contribution is 2.24. The first-order chi connectivity index (χ1) is 10.4. The third-order valence-electron chi connectivity index (χ3n) is 3.54. The quantitative estimate of drug-likeness (QED) is 0.591. The predicted molar refractivity (Wildman–Crippen MR) is 84.8 cm³/mol. The van der Waals surface area contributed by atoms with Crippen LogP contribution in [0.5, 0.6) is 0 Å². The molecule has 0 radical (unpaired) electrons. The van der Waals surface area contributed by atoms with Crippen LogP contribution in [-0.2, 0) is 0 Å². The van der Waals surface area contributed by atoms with Gasteiger partial charge in [-0.05, 0) is 23.6 Å². The summed E-state index contributed by atoms with van der Waals surface area (Å²) in [6.45, 7) is 0. The van der Waals surface area contributed by atoms with Crippen molar-refractivity contribution in [2.45, 2.75) is 0 Å². The van der Waals surface area contributed by atoms with Crippen LogP contribution in [-0.4, -0.2) is 15.0 Å². The molecule has 0 saturated heterocycles. The number of benzene rings is 2. The Morgan fingerprint density at radius 3 is 2.62 bits per heavy atom. The average molecular weight is 271 g/mol. The standard InChI is InChI=1S/C18H13N3/c1-2-4-14(5-3-1)18-20-11-9-16(21-18)15-7-6-13-8-10-19-17(13)12-15/h1-12,19H. The minimum absolute atomic E-state index is 0.750. The minimum Gasteiger partial charge on any atom is -0.361 e. The monoisotopic (exact) mass is 271 g/mol. The van der Waals surface area contributed by atoms with Crippen molar-refractivity contribution in [3.8, 4) is 22.6 Å². The molecule has 21 heavy (non-hydrogen) atoms. The van der Waals surface area contributed by atoms with Gasteiger partial charge in [-0.2, -0.15) is 0 Å². The molecule has 0 atom stereocenters. The number of rotatable bonds is 2. The molecule has 0 unspecified atom stereocenters. The molecule has 4 aromatic rings. The molecular weight excluding hydrogens is 258 g/mol. The topological polar surface area (TPSA) is 41.6 Å². The SMILES string of the molecule is c1ccc(-c2nccc(-c3ccc4cc[nH]c4c3)n2)cc1. The Balaban J connectivity index is 1.81. The zero-order valence-electron chi connectivity index (χ0n) is 11.3. The van der Waals surface area contributed by atoms with E-state index in [1.54, 1.807) is 0 Å². The molecule has 0 aliphatic carbocycles. The fraction of sp³-hybridized carbons (Fsp3) is 0. The van der Waals surface area contributed by atoms with Gasteiger partial charge in [0.15, 0.2) is 5.82 Å². The van der Waals surface area contributed by atoms with Crippen LogP contribution >= 0.6 is 0 Å². The maximum atomic E-state index is 4.68. The first kappa shape index (κ1) is 11.9. The van der Waals surface area contributed by atoms with Crippen LogP contribution in [0.2, 0.25) is 0 Å². The first-order valence-corrected chi connectivity index (χ1v) is 6.86. The second-order valence-corrected chi connectivity index (χ2v) is 4.91. The summed E-state index contributed by atoms with van der Waals surface area (Å²) in [5.41, 5.74) is 4.16. The van der Waals surface area contributed by atoms with Crippen molar-refractivity contribution >= 4 is 10.9 Å². The molecule has 100 valence electrons. The van der Waals surface area contributed by atoms with E-state index < -0.39 is 0 Å². The second kappa shape index (κ2) is 4.87. The van der Waals surface area contributed by atoms with Crippen molar-refractivity contribution in [3.63, 3.8) is 0 Å². The zero-order chi connectivity index (χ0) is 14.1. The fourth-order valence-electron chi connectivity index (χ4n) is 2.45. The Kier molecular flexibility index (Phi) is 2.75. The van der Waals surface area contributed by atoms with Gasteiger partial charge in [-0.25, -0.2) is 9.97 Å². The van der Waals surface area contributed by atoms with Crippen LogP contribution in [0.1, 0.15) is 0 Å². The molecule has 0 aliphatic rings. The Morgan fingerprint density at radius 2 is 1.71 bits per heavy atom. The van der Waals surface area contributed by atoms with Crippen molar-refractivity contribution in [2.24, 2.45) is 0 Å². The molecular formula is C18H13N3. The molecule has 4 rings (SSSR count). The number of H-pyrrole nitrogens is 1. The molecule has 0 bridgehead atoms. The second-order valence-electron chi connectivity index (χ2n) is 4.91. The number of aromatic amines is 1. The highest BCUT2D eigenvalue weighted by molar-refractivity contribution is 5.84. The third-order valence-corrected chi connectivity index (χ3v) is 3.54. The normalized spacial score (nSPS) is 10.9. The summed E-state index contributed by atoms with van der Waals surface area (Å²) < 4.78 is 0. The number of hydrogen-bond acceptors (Lipinski definition) is 2. The van der Waals surface area contributed by atoms with Crippen molar-refractivity contribution in [1.29, 1.82) is 0 Å². The van der Waals surface area contributed by atoms with E-state index >= 15 is 0 Å². The van der Waals surface area contributed by atoms with Crippen LogP contribution in [0.25, 0.3) is 33.5 Å². The highest BCUT2D eigenvalue weighted by Gasteiger charge is 2.05. The van der Waals surface area contributed by atoms with Crippen LogP contribution in [0.4, 0.5) is 0 Å². The Morgan fingerprint density at radius 1 is 0.810 bits per heavy atom. The third kappa shape index (κ3) is 2.19. The van der Waals surface area contributed by atoms with Gasteiger partial charge in [0, 0.05) is 29.0 Å². The van der Waals surface area contributed by atoms with Gasteiger partial charge in [-0.15, -0.1) is 0 Å². The van der Waals surface area contributed by atoms with Gasteiger partial charge in [0.05, 0.1) is 5.69 Å². The van der Waals surface area contributed by atoms with Gasteiger partial charge in [0.1, 0.15) is 0 Å². The molecule has 3 heteroatoms. The van der Waals surface area contributed by atoms with Crippen LogP contribution in [0.15, 0.2) is 73.1 Å². The lowest BCUT2D eigenvalue weighted by Crippen LogP contribution is -1.91. The lowest BCUT2D eigenvalue weighted by Gasteiger charge is -2.04. The molecule has 0 fully saturated rings. The van der Waals surface area contributed by atoms with E-state index in [0.717, 1.165) is 28.2 Å². The summed E-state index contributed by atoms with van der Waals surface area (Å²) in [6.07, 6.45) is 3.76. The Labute approximate surface area is 122 Å². The summed E-state index contributed by atoms with van der Waals surface area (Å²) in [4.78, 5) is 12.3. The fourth-order valence-corrected chi connectivity index (χ4v) is 2.45. The molecule has 0 amide bonds. The molecule has 1 N–H and O–H groups in total. The summed E-state index contributed by atoms with van der Waals surface area (Å²) in [7, 11) is 0. The maximum Gasteiger partial charge on any atom is 0.159 e. The van der Waals surface area contributed by atoms with Gasteiger partial charge < -0.3 is 4.98 Å². The van der Waals surface area contributed by atoms with Gasteiger partial charge in [0.25, 0.3) is 0 Å². The lowest BCUT2D eigenvalue weighted by atomic mass is 10.1. The van der Waals surface area contributed by atoms with E-state index in [2.05, 4.69) is 39.2 Å². The molecule has 0 spiro atoms. The van der Waals surface area contributed by atoms with Crippen LogP contribution in [0.3, 0.4) is 0 Å². The number of nitrogens with one attached hydrogen (secondary N) is 1. The molecule has 0 saturated carbocycles. The molecule has 2 heterocycles. The minimum atomic E-state index is 0.750. The first-order valence-electron chi connectivity index (χ1n) is 6.86. The molecule has 2 aromatic heterocycles. The van der Waals surface area contributed by atoms with Crippen molar-refractivity contribution in [2.75, 3.05) is 0 Å². The van der Waals surface area contributed by atoms with Gasteiger partial charge in [-0.3, -0.25) is 0 Å². The predicted octanol–water partition coefficient (Wildman–Crippen LogP) is 4.29. The molecule has 2 aromatic carbocycles. The van der Waals surface area contributed by atoms with E-state index in [0.29, 0.717) is 0 Å². The van der Waals surface area contributed by atoms with Crippen LogP contribution < -0.4 is 0 Å². The lowest BCUT2D eigenvalue weighted by molar-refractivity contribution is 1.18. The van der Waals surface area contributed by atoms with E-state index in [1.807, 2.05) is 48.8 Å². The van der Waals surface area contributed by atoms with E-state index in [9.17, 15) is 0 Å². The van der Waals surface area contributed by atoms with E-state index in [-0.39, 0.29) is 0 Å². The Bertz CT molecular complexity index is 894. The largest absolute Gasteiger partial charge is 0.361 e.